The average molecular weight is 713 g/mol. The topological polar surface area (TPSA) is 55.8 Å². The Morgan fingerprint density at radius 1 is 1.00 bits per heavy atom. The largest absolute Gasteiger partial charge is 0.428 e. The molecule has 1 aliphatic carbocycles. The van der Waals surface area contributed by atoms with E-state index in [-0.39, 0.29) is 21.9 Å². The molecule has 5 nitrogen and oxygen atoms in total. The second kappa shape index (κ2) is 18.6. The van der Waals surface area contributed by atoms with E-state index in [9.17, 15) is 9.59 Å². The summed E-state index contributed by atoms with van der Waals surface area (Å²) in [5.74, 6) is 1.44. The van der Waals surface area contributed by atoms with E-state index in [4.69, 9.17) is 22.0 Å². The molecule has 3 aliphatic rings. The number of ether oxygens (including phenoxy) is 1. The minimum Gasteiger partial charge on any atom is -0.428 e. The molecular weight excluding hydrogens is 637 g/mol. The first-order valence-electron chi connectivity index (χ1n) is 20.1. The second-order valence-electron chi connectivity index (χ2n) is 17.7. The lowest BCUT2D eigenvalue weighted by molar-refractivity contribution is -0.171. The molecule has 4 rings (SSSR count). The molecule has 0 aromatic heterocycles. The highest BCUT2D eigenvalue weighted by molar-refractivity contribution is 7.81. The van der Waals surface area contributed by atoms with Crippen molar-refractivity contribution in [2.45, 2.75) is 201 Å². The predicted molar refractivity (Wildman–Crippen MR) is 218 cm³/mol. The number of nitrogens with zero attached hydrogens (tertiary/aromatic N) is 1. The summed E-state index contributed by atoms with van der Waals surface area (Å²) in [7, 11) is 1.85. The number of ketones is 1. The number of Topliss-reactive ketones (excluding diaryl/α,β-unsaturated/α-hetero) is 1. The Morgan fingerprint density at radius 2 is 1.58 bits per heavy atom. The van der Waals surface area contributed by atoms with Crippen LogP contribution in [-0.4, -0.2) is 47.8 Å². The summed E-state index contributed by atoms with van der Waals surface area (Å²) in [4.78, 5) is 27.5. The Hall–Kier alpha value is -1.31. The quantitative estimate of drug-likeness (QED) is 0.137. The maximum absolute atomic E-state index is 14.0. The Kier molecular flexibility index (Phi) is 16.7. The summed E-state index contributed by atoms with van der Waals surface area (Å²) in [6, 6.07) is 6.86. The van der Waals surface area contributed by atoms with Crippen LogP contribution in [0.3, 0.4) is 0 Å². The smallest absolute Gasteiger partial charge is 0.330 e. The van der Waals surface area contributed by atoms with Crippen LogP contribution in [-0.2, 0) is 24.4 Å². The van der Waals surface area contributed by atoms with Gasteiger partial charge in [0, 0.05) is 28.8 Å². The first kappa shape index (κ1) is 44.9. The molecule has 2 fully saturated rings. The fourth-order valence-electron chi connectivity index (χ4n) is 7.49. The lowest BCUT2D eigenvalue weighted by Crippen LogP contribution is -2.50. The first-order valence-corrected chi connectivity index (χ1v) is 20.5. The number of thiol groups is 1. The van der Waals surface area contributed by atoms with Crippen molar-refractivity contribution in [2.75, 3.05) is 11.5 Å². The predicted octanol–water partition coefficient (Wildman–Crippen LogP) is 10.8. The lowest BCUT2D eigenvalue weighted by Gasteiger charge is -2.42. The molecule has 1 atom stereocenters. The van der Waals surface area contributed by atoms with E-state index in [1.165, 1.54) is 37.7 Å². The number of amides is 1. The minimum atomic E-state index is -0.436. The van der Waals surface area contributed by atoms with Gasteiger partial charge in [0.15, 0.2) is 5.78 Å². The lowest BCUT2D eigenvalue weighted by atomic mass is 9.73. The SMILES string of the molecule is CC(C)C(=O)C1(C)CCO1.CCCC(C)(C)CC.CCCC1CC(N2C(=O)C(CCC)(CCC)c3ccc([B]OC(C)(C)C(C)(C)S)cc32)C1. The first-order chi connectivity index (χ1) is 23.2. The summed E-state index contributed by atoms with van der Waals surface area (Å²) < 4.78 is 11.1. The van der Waals surface area contributed by atoms with Gasteiger partial charge in [-0.15, -0.1) is 0 Å². The Bertz CT molecular complexity index is 1220. The molecule has 1 aromatic rings. The van der Waals surface area contributed by atoms with Crippen molar-refractivity contribution in [1.29, 1.82) is 0 Å². The molecule has 2 heterocycles. The van der Waals surface area contributed by atoms with Crippen molar-refractivity contribution in [2.24, 2.45) is 17.3 Å². The van der Waals surface area contributed by atoms with Crippen LogP contribution in [0.1, 0.15) is 180 Å². The normalized spacial score (nSPS) is 22.8. The third-order valence-corrected chi connectivity index (χ3v) is 12.5. The minimum absolute atomic E-state index is 0.102. The van der Waals surface area contributed by atoms with Gasteiger partial charge in [0.05, 0.1) is 17.6 Å². The van der Waals surface area contributed by atoms with Crippen LogP contribution in [0, 0.1) is 17.3 Å². The third-order valence-electron chi connectivity index (χ3n) is 11.9. The summed E-state index contributed by atoms with van der Waals surface area (Å²) >= 11 is 4.72. The standard InChI is InChI=1S/C27H43BNO2S.C8H14O2.C8H18/c1-8-11-19-16-21(17-19)29-23-18-20(28-31-25(4,5)26(6,7)32)12-13-22(23)27(14-9-2,15-10-3)24(29)30;1-6(2)7(9)8(3)4-5-10-8;1-5-7-8(3,4)6-2/h12-13,18-19,21,32H,8-11,14-17H2,1-7H3;6H,4-5H2,1-3H3;5-7H2,1-4H3. The van der Waals surface area contributed by atoms with E-state index in [1.807, 2.05) is 28.3 Å². The molecule has 50 heavy (non-hydrogen) atoms. The zero-order valence-corrected chi connectivity index (χ0v) is 35.7. The zero-order valence-electron chi connectivity index (χ0n) is 34.8. The molecular formula is C43H75BNO4S. The van der Waals surface area contributed by atoms with Crippen molar-refractivity contribution < 1.29 is 19.0 Å². The molecule has 0 bridgehead atoms. The highest BCUT2D eigenvalue weighted by Gasteiger charge is 2.53. The number of hydrogen-bond acceptors (Lipinski definition) is 5. The fraction of sp³-hybridized carbons (Fsp3) is 0.814. The van der Waals surface area contributed by atoms with Crippen molar-refractivity contribution in [1.82, 2.24) is 0 Å². The van der Waals surface area contributed by atoms with Gasteiger partial charge in [-0.05, 0) is 89.7 Å². The van der Waals surface area contributed by atoms with Crippen molar-refractivity contribution in [3.8, 4) is 0 Å². The molecule has 1 unspecified atom stereocenters. The van der Waals surface area contributed by atoms with Gasteiger partial charge in [0.25, 0.3) is 0 Å². The number of rotatable bonds is 16. The summed E-state index contributed by atoms with van der Waals surface area (Å²) in [5, 5.41) is 0. The van der Waals surface area contributed by atoms with Crippen molar-refractivity contribution >= 4 is 43.0 Å². The fourth-order valence-corrected chi connectivity index (χ4v) is 7.54. The van der Waals surface area contributed by atoms with Crippen LogP contribution < -0.4 is 10.4 Å². The molecule has 2 aliphatic heterocycles. The Labute approximate surface area is 314 Å². The number of hydrogen-bond donors (Lipinski definition) is 1. The van der Waals surface area contributed by atoms with Gasteiger partial charge in [0.2, 0.25) is 5.91 Å². The van der Waals surface area contributed by atoms with Crippen LogP contribution in [0.2, 0.25) is 0 Å². The summed E-state index contributed by atoms with van der Waals surface area (Å²) in [6.45, 7) is 30.5. The highest BCUT2D eigenvalue weighted by Crippen LogP contribution is 2.51. The van der Waals surface area contributed by atoms with Crippen LogP contribution in [0.4, 0.5) is 5.69 Å². The van der Waals surface area contributed by atoms with Crippen molar-refractivity contribution in [3.05, 3.63) is 23.8 Å². The van der Waals surface area contributed by atoms with Crippen LogP contribution in [0.5, 0.6) is 0 Å². The van der Waals surface area contributed by atoms with Crippen LogP contribution >= 0.6 is 12.6 Å². The molecule has 0 spiro atoms. The van der Waals surface area contributed by atoms with E-state index in [1.54, 1.807) is 0 Å². The molecule has 0 N–H and O–H groups in total. The van der Waals surface area contributed by atoms with Gasteiger partial charge >= 0.3 is 7.48 Å². The van der Waals surface area contributed by atoms with Crippen LogP contribution in [0.15, 0.2) is 18.2 Å². The molecule has 1 saturated carbocycles. The Balaban J connectivity index is 0.000000392. The molecule has 1 radical (unpaired) electrons. The Morgan fingerprint density at radius 3 is 1.96 bits per heavy atom. The number of carbonyl (C=O) groups excluding carboxylic acids is 2. The van der Waals surface area contributed by atoms with Crippen molar-refractivity contribution in [3.63, 3.8) is 0 Å². The summed E-state index contributed by atoms with van der Waals surface area (Å²) in [5.41, 5.74) is 2.75. The van der Waals surface area contributed by atoms with E-state index in [2.05, 4.69) is 99.3 Å². The van der Waals surface area contributed by atoms with Gasteiger partial charge in [-0.2, -0.15) is 12.6 Å². The third kappa shape index (κ3) is 10.9. The molecule has 285 valence electrons. The van der Waals surface area contributed by atoms with Crippen LogP contribution in [0.25, 0.3) is 0 Å². The van der Waals surface area contributed by atoms with Gasteiger partial charge in [-0.25, -0.2) is 0 Å². The number of carbonyl (C=O) groups is 2. The maximum atomic E-state index is 14.0. The summed E-state index contributed by atoms with van der Waals surface area (Å²) in [6.07, 6.45) is 13.5. The van der Waals surface area contributed by atoms with Gasteiger partial charge in [0.1, 0.15) is 5.60 Å². The monoisotopic (exact) mass is 713 g/mol. The van der Waals surface area contributed by atoms with Gasteiger partial charge in [-0.3, -0.25) is 9.59 Å². The van der Waals surface area contributed by atoms with Gasteiger partial charge in [-0.1, -0.05) is 118 Å². The van der Waals surface area contributed by atoms with E-state index >= 15 is 0 Å². The van der Waals surface area contributed by atoms with E-state index < -0.39 is 11.2 Å². The molecule has 1 saturated heterocycles. The number of benzene rings is 1. The zero-order chi connectivity index (χ0) is 38.1. The van der Waals surface area contributed by atoms with E-state index in [0.29, 0.717) is 17.4 Å². The average Bonchev–Trinajstić information content (AvgIpc) is 3.23. The second-order valence-corrected chi connectivity index (χ2v) is 18.9. The maximum Gasteiger partial charge on any atom is 0.330 e. The molecule has 7 heteroatoms. The number of anilines is 1. The molecule has 1 amide bonds. The van der Waals surface area contributed by atoms with E-state index in [0.717, 1.165) is 68.6 Å². The number of fused-ring (bicyclic) bond motifs is 1. The highest BCUT2D eigenvalue weighted by atomic mass is 32.1. The van der Waals surface area contributed by atoms with Gasteiger partial charge < -0.3 is 14.3 Å². The molecule has 1 aromatic carbocycles.